The maximum Gasteiger partial charge on any atom is 0.186 e. The van der Waals surface area contributed by atoms with Crippen molar-refractivity contribution in [1.29, 1.82) is 0 Å². The van der Waals surface area contributed by atoms with Gasteiger partial charge < -0.3 is 5.11 Å². The monoisotopic (exact) mass is 340 g/mol. The third-order valence-corrected chi connectivity index (χ3v) is 4.87. The van der Waals surface area contributed by atoms with Gasteiger partial charge in [-0.15, -0.1) is 0 Å². The van der Waals surface area contributed by atoms with E-state index in [2.05, 4.69) is 17.2 Å². The van der Waals surface area contributed by atoms with E-state index in [1.807, 2.05) is 42.1 Å². The normalized spacial score (nSPS) is 11.1. The minimum absolute atomic E-state index is 0.105. The number of thioether (sulfide) groups is 1. The summed E-state index contributed by atoms with van der Waals surface area (Å²) < 4.78 is 1.87. The molecule has 3 rings (SSSR count). The van der Waals surface area contributed by atoms with Crippen molar-refractivity contribution in [3.63, 3.8) is 0 Å². The zero-order valence-corrected chi connectivity index (χ0v) is 14.6. The molecule has 0 aliphatic rings. The van der Waals surface area contributed by atoms with Gasteiger partial charge in [0.2, 0.25) is 0 Å². The van der Waals surface area contributed by atoms with Crippen LogP contribution in [0.1, 0.15) is 23.9 Å². The summed E-state index contributed by atoms with van der Waals surface area (Å²) in [5, 5.41) is 16.7. The largest absolute Gasteiger partial charge is 0.507 e. The summed E-state index contributed by atoms with van der Waals surface area (Å²) in [6, 6.07) is 13.9. The molecule has 5 heteroatoms. The number of aromatic hydroxyl groups is 1. The summed E-state index contributed by atoms with van der Waals surface area (Å²) in [5.41, 5.74) is 3.16. The fraction of sp³-hybridized carbons (Fsp3) is 0.263. The van der Waals surface area contributed by atoms with E-state index in [1.165, 1.54) is 11.8 Å². The number of hydrogen-bond acceptors (Lipinski definition) is 4. The number of aryl methyl sites for hydroxylation is 3. The second-order valence-electron chi connectivity index (χ2n) is 5.87. The van der Waals surface area contributed by atoms with Crippen molar-refractivity contribution >= 4 is 27.6 Å². The summed E-state index contributed by atoms with van der Waals surface area (Å²) in [6.07, 6.45) is 1.67. The van der Waals surface area contributed by atoms with Gasteiger partial charge in [-0.1, -0.05) is 42.1 Å². The molecule has 0 saturated heterocycles. The zero-order valence-electron chi connectivity index (χ0n) is 13.8. The van der Waals surface area contributed by atoms with Crippen LogP contribution in [0.5, 0.6) is 5.75 Å². The Bertz CT molecular complexity index is 886. The molecular weight excluding hydrogens is 320 g/mol. The molecule has 4 nitrogen and oxygen atoms in total. The van der Waals surface area contributed by atoms with Crippen LogP contribution in [-0.4, -0.2) is 20.0 Å². The van der Waals surface area contributed by atoms with Crippen LogP contribution >= 0.6 is 11.8 Å². The molecule has 0 aliphatic carbocycles. The minimum atomic E-state index is 0.105. The lowest BCUT2D eigenvalue weighted by molar-refractivity contribution is -0.109. The highest BCUT2D eigenvalue weighted by Crippen LogP contribution is 2.27. The first-order chi connectivity index (χ1) is 11.5. The van der Waals surface area contributed by atoms with Crippen molar-refractivity contribution in [2.24, 2.45) is 7.05 Å². The highest BCUT2D eigenvalue weighted by Gasteiger charge is 2.08. The number of hydrogen-bond donors (Lipinski definition) is 1. The molecule has 124 valence electrons. The molecule has 3 aromatic rings. The van der Waals surface area contributed by atoms with E-state index in [0.717, 1.165) is 40.6 Å². The molecule has 0 saturated carbocycles. The molecule has 1 aromatic heterocycles. The average molecular weight is 340 g/mol. The molecule has 1 N–H and O–H groups in total. The first-order valence-corrected chi connectivity index (χ1v) is 8.87. The Hall–Kier alpha value is -2.27. The molecule has 0 fully saturated rings. The minimum Gasteiger partial charge on any atom is -0.507 e. The van der Waals surface area contributed by atoms with Gasteiger partial charge in [0.1, 0.15) is 5.75 Å². The summed E-state index contributed by atoms with van der Waals surface area (Å²) in [6.45, 7) is 1.57. The molecule has 2 aromatic carbocycles. The van der Waals surface area contributed by atoms with E-state index in [4.69, 9.17) is 0 Å². The number of aromatic nitrogens is 2. The van der Waals surface area contributed by atoms with Crippen molar-refractivity contribution < 1.29 is 9.90 Å². The lowest BCUT2D eigenvalue weighted by atomic mass is 10.0. The fourth-order valence-electron chi connectivity index (χ4n) is 2.82. The number of carbonyl (C=O) groups is 1. The average Bonchev–Trinajstić information content (AvgIpc) is 2.91. The second-order valence-corrected chi connectivity index (χ2v) is 7.02. The highest BCUT2D eigenvalue weighted by atomic mass is 32.2. The maximum absolute atomic E-state index is 11.1. The molecule has 0 atom stereocenters. The van der Waals surface area contributed by atoms with E-state index in [9.17, 15) is 9.90 Å². The van der Waals surface area contributed by atoms with E-state index < -0.39 is 0 Å². The van der Waals surface area contributed by atoms with Crippen molar-refractivity contribution in [3.8, 4) is 5.75 Å². The Morgan fingerprint density at radius 1 is 1.21 bits per heavy atom. The number of carbonyl (C=O) groups excluding carboxylic acids is 1. The predicted molar refractivity (Wildman–Crippen MR) is 98.2 cm³/mol. The van der Waals surface area contributed by atoms with Crippen LogP contribution < -0.4 is 0 Å². The van der Waals surface area contributed by atoms with Crippen LogP contribution in [0.15, 0.2) is 42.5 Å². The highest BCUT2D eigenvalue weighted by molar-refractivity contribution is 8.12. The van der Waals surface area contributed by atoms with Gasteiger partial charge in [-0.2, -0.15) is 5.10 Å². The Balaban J connectivity index is 1.73. The first-order valence-electron chi connectivity index (χ1n) is 7.89. The molecule has 0 radical (unpaired) electrons. The van der Waals surface area contributed by atoms with E-state index >= 15 is 0 Å². The van der Waals surface area contributed by atoms with Crippen LogP contribution in [0.2, 0.25) is 0 Å². The summed E-state index contributed by atoms with van der Waals surface area (Å²) in [7, 11) is 1.93. The second kappa shape index (κ2) is 7.09. The number of rotatable bonds is 5. The zero-order chi connectivity index (χ0) is 17.1. The molecule has 0 bridgehead atoms. The molecular formula is C19H20N2O2S. The van der Waals surface area contributed by atoms with Crippen molar-refractivity contribution in [1.82, 2.24) is 9.78 Å². The smallest absolute Gasteiger partial charge is 0.186 e. The van der Waals surface area contributed by atoms with Crippen LogP contribution in [0.3, 0.4) is 0 Å². The number of fused-ring (bicyclic) bond motifs is 1. The maximum atomic E-state index is 11.1. The Morgan fingerprint density at radius 3 is 2.79 bits per heavy atom. The van der Waals surface area contributed by atoms with Gasteiger partial charge in [0.15, 0.2) is 5.12 Å². The summed E-state index contributed by atoms with van der Waals surface area (Å²) in [5.74, 6) is 0.937. The van der Waals surface area contributed by atoms with Crippen molar-refractivity contribution in [3.05, 3.63) is 59.4 Å². The van der Waals surface area contributed by atoms with Crippen LogP contribution in [0.25, 0.3) is 10.8 Å². The van der Waals surface area contributed by atoms with Crippen molar-refractivity contribution in [2.45, 2.75) is 25.5 Å². The number of phenolic OH excluding ortho intramolecular Hbond substituents is 1. The van der Waals surface area contributed by atoms with Gasteiger partial charge in [0.25, 0.3) is 0 Å². The Labute approximate surface area is 145 Å². The number of benzene rings is 2. The Morgan fingerprint density at radius 2 is 2.00 bits per heavy atom. The topological polar surface area (TPSA) is 55.1 Å². The summed E-state index contributed by atoms with van der Waals surface area (Å²) >= 11 is 1.28. The van der Waals surface area contributed by atoms with E-state index in [0.29, 0.717) is 11.5 Å². The fourth-order valence-corrected chi connectivity index (χ4v) is 3.31. The van der Waals surface area contributed by atoms with Gasteiger partial charge in [0, 0.05) is 30.8 Å². The van der Waals surface area contributed by atoms with E-state index in [-0.39, 0.29) is 5.12 Å². The molecule has 0 aliphatic heterocycles. The van der Waals surface area contributed by atoms with Gasteiger partial charge in [-0.3, -0.25) is 9.48 Å². The Kier molecular flexibility index (Phi) is 4.90. The third kappa shape index (κ3) is 3.79. The number of phenols is 1. The lowest BCUT2D eigenvalue weighted by Gasteiger charge is -2.06. The quantitative estimate of drug-likeness (QED) is 0.766. The SMILES string of the molecule is CC(=O)SCc1cc(CCc2cc(O)c3ccccc3c2)n(C)n1. The van der Waals surface area contributed by atoms with Crippen LogP contribution in [-0.2, 0) is 30.4 Å². The van der Waals surface area contributed by atoms with Crippen LogP contribution in [0, 0.1) is 0 Å². The van der Waals surface area contributed by atoms with Gasteiger partial charge in [-0.05, 0) is 35.9 Å². The first kappa shape index (κ1) is 16.6. The molecule has 1 heterocycles. The van der Waals surface area contributed by atoms with Gasteiger partial charge >= 0.3 is 0 Å². The summed E-state index contributed by atoms with van der Waals surface area (Å²) in [4.78, 5) is 11.1. The van der Waals surface area contributed by atoms with Gasteiger partial charge in [0.05, 0.1) is 5.69 Å². The van der Waals surface area contributed by atoms with E-state index in [1.54, 1.807) is 6.92 Å². The standard InChI is InChI=1S/C19H20N2O2S/c1-13(22)24-12-16-11-17(21(2)20-16)8-7-14-9-15-5-3-4-6-18(15)19(23)10-14/h3-6,9-11,23H,7-8,12H2,1-2H3. The molecule has 0 amide bonds. The predicted octanol–water partition coefficient (Wildman–Crippen LogP) is 3.84. The third-order valence-electron chi connectivity index (χ3n) is 4.02. The van der Waals surface area contributed by atoms with Crippen molar-refractivity contribution in [2.75, 3.05) is 0 Å². The molecule has 0 unspecified atom stereocenters. The van der Waals surface area contributed by atoms with Crippen LogP contribution in [0.4, 0.5) is 0 Å². The molecule has 24 heavy (non-hydrogen) atoms. The number of nitrogens with zero attached hydrogens (tertiary/aromatic N) is 2. The van der Waals surface area contributed by atoms with Gasteiger partial charge in [-0.25, -0.2) is 0 Å². The lowest BCUT2D eigenvalue weighted by Crippen LogP contribution is -2.00. The molecule has 0 spiro atoms.